The van der Waals surface area contributed by atoms with Crippen LogP contribution < -0.4 is 10.6 Å². The average molecular weight is 273 g/mol. The van der Waals surface area contributed by atoms with Gasteiger partial charge in [-0.15, -0.1) is 5.10 Å². The first kappa shape index (κ1) is 11.3. The zero-order chi connectivity index (χ0) is 13.3. The molecular weight excluding hydrogens is 254 g/mol. The lowest BCUT2D eigenvalue weighted by Crippen LogP contribution is -2.43. The van der Waals surface area contributed by atoms with Crippen molar-refractivity contribution in [1.82, 2.24) is 25.6 Å². The third kappa shape index (κ3) is 1.45. The van der Waals surface area contributed by atoms with Gasteiger partial charge in [0.2, 0.25) is 0 Å². The molecule has 3 aliphatic carbocycles. The van der Waals surface area contributed by atoms with E-state index in [0.29, 0.717) is 17.8 Å². The summed E-state index contributed by atoms with van der Waals surface area (Å²) >= 11 is 0. The molecule has 4 aliphatic rings. The predicted octanol–water partition coefficient (Wildman–Crippen LogP) is 0.197. The standard InChI is InChI=1S/C14H19N5O/c20-14(10-6-19(18-17-10)9-4-15-5-9)16-13-11-7-1-2-8(3-7)12(11)13/h6-9,11-13,15H,1-5H2,(H,16,20). The highest BCUT2D eigenvalue weighted by Crippen LogP contribution is 2.65. The maximum absolute atomic E-state index is 12.3. The Bertz CT molecular complexity index is 550. The quantitative estimate of drug-likeness (QED) is 0.825. The number of aromatic nitrogens is 3. The monoisotopic (exact) mass is 273 g/mol. The summed E-state index contributed by atoms with van der Waals surface area (Å²) in [6.45, 7) is 1.83. The predicted molar refractivity (Wildman–Crippen MR) is 71.0 cm³/mol. The molecule has 3 saturated carbocycles. The van der Waals surface area contributed by atoms with Gasteiger partial charge in [-0.1, -0.05) is 5.21 Å². The van der Waals surface area contributed by atoms with E-state index in [2.05, 4.69) is 20.9 Å². The van der Waals surface area contributed by atoms with E-state index in [9.17, 15) is 4.79 Å². The summed E-state index contributed by atoms with van der Waals surface area (Å²) in [5.74, 6) is 3.26. The number of hydrogen-bond donors (Lipinski definition) is 2. The number of nitrogens with zero attached hydrogens (tertiary/aromatic N) is 3. The molecule has 6 nitrogen and oxygen atoms in total. The molecular formula is C14H19N5O. The van der Waals surface area contributed by atoms with Crippen molar-refractivity contribution in [3.05, 3.63) is 11.9 Å². The van der Waals surface area contributed by atoms with Crippen LogP contribution in [0.25, 0.3) is 0 Å². The third-order valence-corrected chi connectivity index (χ3v) is 5.91. The second-order valence-corrected chi connectivity index (χ2v) is 6.88. The van der Waals surface area contributed by atoms with Crippen LogP contribution >= 0.6 is 0 Å². The lowest BCUT2D eigenvalue weighted by Gasteiger charge is -2.26. The lowest BCUT2D eigenvalue weighted by atomic mass is 10.0. The fourth-order valence-corrected chi connectivity index (χ4v) is 4.76. The number of fused-ring (bicyclic) bond motifs is 5. The number of carbonyl (C=O) groups is 1. The van der Waals surface area contributed by atoms with Gasteiger partial charge in [0.05, 0.1) is 12.2 Å². The van der Waals surface area contributed by atoms with Gasteiger partial charge in [-0.2, -0.15) is 0 Å². The summed E-state index contributed by atoms with van der Waals surface area (Å²) in [5, 5.41) is 14.5. The fraction of sp³-hybridized carbons (Fsp3) is 0.786. The van der Waals surface area contributed by atoms with Crippen LogP contribution in [0.15, 0.2) is 6.20 Å². The van der Waals surface area contributed by atoms with Crippen molar-refractivity contribution in [1.29, 1.82) is 0 Å². The van der Waals surface area contributed by atoms with E-state index in [1.165, 1.54) is 19.3 Å². The number of nitrogens with one attached hydrogen (secondary N) is 2. The van der Waals surface area contributed by atoms with Gasteiger partial charge in [0.15, 0.2) is 5.69 Å². The highest BCUT2D eigenvalue weighted by atomic mass is 16.2. The molecule has 5 rings (SSSR count). The van der Waals surface area contributed by atoms with Crippen LogP contribution in [-0.4, -0.2) is 40.0 Å². The van der Waals surface area contributed by atoms with Crippen molar-refractivity contribution in [3.8, 4) is 0 Å². The summed E-state index contributed by atoms with van der Waals surface area (Å²) < 4.78 is 1.81. The summed E-state index contributed by atoms with van der Waals surface area (Å²) in [6.07, 6.45) is 5.95. The summed E-state index contributed by atoms with van der Waals surface area (Å²) in [5.41, 5.74) is 0.467. The Labute approximate surface area is 117 Å². The minimum absolute atomic E-state index is 0.0395. The molecule has 106 valence electrons. The van der Waals surface area contributed by atoms with E-state index in [-0.39, 0.29) is 5.91 Å². The molecule has 2 heterocycles. The topological polar surface area (TPSA) is 71.8 Å². The molecule has 2 bridgehead atoms. The van der Waals surface area contributed by atoms with E-state index in [1.54, 1.807) is 6.20 Å². The maximum Gasteiger partial charge on any atom is 0.273 e. The summed E-state index contributed by atoms with van der Waals surface area (Å²) in [6, 6.07) is 0.782. The Hall–Kier alpha value is -1.43. The molecule has 1 aliphatic heterocycles. The molecule has 6 heteroatoms. The molecule has 0 radical (unpaired) electrons. The van der Waals surface area contributed by atoms with E-state index in [4.69, 9.17) is 0 Å². The van der Waals surface area contributed by atoms with Crippen molar-refractivity contribution < 1.29 is 4.79 Å². The van der Waals surface area contributed by atoms with Crippen molar-refractivity contribution in [3.63, 3.8) is 0 Å². The molecule has 1 aromatic rings. The van der Waals surface area contributed by atoms with Gasteiger partial charge in [0, 0.05) is 19.1 Å². The van der Waals surface area contributed by atoms with Crippen LogP contribution in [0.3, 0.4) is 0 Å². The minimum atomic E-state index is -0.0395. The SMILES string of the molecule is O=C(NC1C2C3CCC(C3)C12)c1cn(C2CNC2)nn1. The summed E-state index contributed by atoms with van der Waals surface area (Å²) in [4.78, 5) is 12.3. The van der Waals surface area contributed by atoms with Crippen LogP contribution in [0.4, 0.5) is 0 Å². The zero-order valence-electron chi connectivity index (χ0n) is 11.3. The Morgan fingerprint density at radius 3 is 2.70 bits per heavy atom. The Morgan fingerprint density at radius 1 is 1.30 bits per heavy atom. The second-order valence-electron chi connectivity index (χ2n) is 6.88. The number of carbonyl (C=O) groups excluding carboxylic acids is 1. The van der Waals surface area contributed by atoms with E-state index in [1.807, 2.05) is 4.68 Å². The Kier molecular flexibility index (Phi) is 2.15. The van der Waals surface area contributed by atoms with Gasteiger partial charge < -0.3 is 10.6 Å². The molecule has 2 N–H and O–H groups in total. The molecule has 4 fully saturated rings. The van der Waals surface area contributed by atoms with Crippen LogP contribution in [0.2, 0.25) is 0 Å². The van der Waals surface area contributed by atoms with Gasteiger partial charge in [0.1, 0.15) is 0 Å². The smallest absolute Gasteiger partial charge is 0.273 e. The highest BCUT2D eigenvalue weighted by molar-refractivity contribution is 5.92. The lowest BCUT2D eigenvalue weighted by molar-refractivity contribution is 0.0939. The Morgan fingerprint density at radius 2 is 2.05 bits per heavy atom. The van der Waals surface area contributed by atoms with Crippen LogP contribution in [0, 0.1) is 23.7 Å². The van der Waals surface area contributed by atoms with Crippen molar-refractivity contribution in [2.45, 2.75) is 31.3 Å². The van der Waals surface area contributed by atoms with Gasteiger partial charge in [-0.3, -0.25) is 4.79 Å². The first-order valence-corrected chi connectivity index (χ1v) is 7.74. The fourth-order valence-electron chi connectivity index (χ4n) is 4.76. The molecule has 0 spiro atoms. The second kappa shape index (κ2) is 3.81. The van der Waals surface area contributed by atoms with E-state index >= 15 is 0 Å². The molecule has 1 amide bonds. The summed E-state index contributed by atoms with van der Waals surface area (Å²) in [7, 11) is 0. The van der Waals surface area contributed by atoms with Crippen molar-refractivity contribution >= 4 is 5.91 Å². The van der Waals surface area contributed by atoms with Gasteiger partial charge in [0.25, 0.3) is 5.91 Å². The van der Waals surface area contributed by atoms with Crippen LogP contribution in [-0.2, 0) is 0 Å². The highest BCUT2D eigenvalue weighted by Gasteiger charge is 2.65. The molecule has 0 aromatic carbocycles. The van der Waals surface area contributed by atoms with Crippen molar-refractivity contribution in [2.24, 2.45) is 23.7 Å². The van der Waals surface area contributed by atoms with Crippen molar-refractivity contribution in [2.75, 3.05) is 13.1 Å². The maximum atomic E-state index is 12.3. The number of rotatable bonds is 3. The van der Waals surface area contributed by atoms with Gasteiger partial charge in [-0.05, 0) is 42.9 Å². The zero-order valence-corrected chi connectivity index (χ0v) is 11.3. The molecule has 20 heavy (non-hydrogen) atoms. The largest absolute Gasteiger partial charge is 0.347 e. The van der Waals surface area contributed by atoms with Crippen LogP contribution in [0.5, 0.6) is 0 Å². The number of amides is 1. The molecule has 4 unspecified atom stereocenters. The van der Waals surface area contributed by atoms with Gasteiger partial charge in [-0.25, -0.2) is 4.68 Å². The molecule has 1 saturated heterocycles. The minimum Gasteiger partial charge on any atom is -0.347 e. The third-order valence-electron chi connectivity index (χ3n) is 5.91. The van der Waals surface area contributed by atoms with Crippen LogP contribution in [0.1, 0.15) is 35.8 Å². The first-order valence-electron chi connectivity index (χ1n) is 7.74. The van der Waals surface area contributed by atoms with E-state index in [0.717, 1.165) is 36.8 Å². The Balaban J connectivity index is 1.26. The molecule has 1 aromatic heterocycles. The van der Waals surface area contributed by atoms with E-state index < -0.39 is 0 Å². The number of hydrogen-bond acceptors (Lipinski definition) is 4. The normalized spacial score (nSPS) is 41.3. The first-order chi connectivity index (χ1) is 9.81. The van der Waals surface area contributed by atoms with Gasteiger partial charge >= 0.3 is 0 Å². The molecule has 4 atom stereocenters. The average Bonchev–Trinajstić information content (AvgIpc) is 2.82.